The fraction of sp³-hybridized carbons (Fsp3) is 0.344. The minimum Gasteiger partial charge on any atom is -0.490 e. The van der Waals surface area contributed by atoms with Gasteiger partial charge < -0.3 is 24.3 Å². The van der Waals surface area contributed by atoms with Gasteiger partial charge in [-0.25, -0.2) is 0 Å². The van der Waals surface area contributed by atoms with Gasteiger partial charge >= 0.3 is 0 Å². The van der Waals surface area contributed by atoms with Crippen LogP contribution in [0, 0.1) is 5.92 Å². The highest BCUT2D eigenvalue weighted by atomic mass is 16.5. The minimum atomic E-state index is -0.128. The molecule has 1 saturated carbocycles. The number of aromatic nitrogens is 2. The molecule has 1 aliphatic heterocycles. The molecule has 0 spiro atoms. The number of hydrogen-bond donors (Lipinski definition) is 1. The molecule has 0 bridgehead atoms. The van der Waals surface area contributed by atoms with E-state index in [1.54, 1.807) is 18.3 Å². The molecule has 206 valence electrons. The van der Waals surface area contributed by atoms with Crippen molar-refractivity contribution < 1.29 is 19.1 Å². The Bertz CT molecular complexity index is 1450. The maximum Gasteiger partial charge on any atom is 0.257 e. The van der Waals surface area contributed by atoms with Crippen LogP contribution in [-0.4, -0.2) is 58.7 Å². The number of benzene rings is 2. The van der Waals surface area contributed by atoms with Crippen molar-refractivity contribution in [3.05, 3.63) is 90.3 Å². The first-order valence-corrected chi connectivity index (χ1v) is 14.1. The number of pyridine rings is 1. The molecule has 2 aromatic heterocycles. The van der Waals surface area contributed by atoms with Crippen molar-refractivity contribution in [1.82, 2.24) is 14.5 Å². The quantitative estimate of drug-likeness (QED) is 0.341. The summed E-state index contributed by atoms with van der Waals surface area (Å²) in [7, 11) is 0. The Morgan fingerprint density at radius 1 is 0.925 bits per heavy atom. The van der Waals surface area contributed by atoms with E-state index in [1.165, 1.54) is 0 Å². The van der Waals surface area contributed by atoms with Crippen molar-refractivity contribution in [3.8, 4) is 5.75 Å². The second-order valence-electron chi connectivity index (χ2n) is 10.6. The number of nitrogens with one attached hydrogen (secondary N) is 1. The molecule has 1 aliphatic carbocycles. The summed E-state index contributed by atoms with van der Waals surface area (Å²) in [6.07, 6.45) is 8.00. The van der Waals surface area contributed by atoms with Crippen LogP contribution in [-0.2, 0) is 11.3 Å². The zero-order valence-corrected chi connectivity index (χ0v) is 22.5. The summed E-state index contributed by atoms with van der Waals surface area (Å²) in [5, 5.41) is 2.93. The number of amides is 2. The number of anilines is 1. The van der Waals surface area contributed by atoms with E-state index in [1.807, 2.05) is 59.6 Å². The monoisotopic (exact) mass is 538 g/mol. The molecule has 40 heavy (non-hydrogen) atoms. The number of ether oxygens (including phenoxy) is 2. The molecular weight excluding hydrogens is 504 g/mol. The lowest BCUT2D eigenvalue weighted by molar-refractivity contribution is 0.0304. The molecule has 2 aromatic carbocycles. The molecule has 8 nitrogen and oxygen atoms in total. The summed E-state index contributed by atoms with van der Waals surface area (Å²) >= 11 is 0. The van der Waals surface area contributed by atoms with Crippen molar-refractivity contribution in [2.24, 2.45) is 5.92 Å². The number of carbonyl (C=O) groups excluding carboxylic acids is 2. The molecule has 6 rings (SSSR count). The Morgan fingerprint density at radius 3 is 2.42 bits per heavy atom. The van der Waals surface area contributed by atoms with E-state index < -0.39 is 0 Å². The molecule has 0 unspecified atom stereocenters. The average molecular weight is 539 g/mol. The highest BCUT2D eigenvalue weighted by molar-refractivity contribution is 6.05. The highest BCUT2D eigenvalue weighted by Crippen LogP contribution is 2.31. The predicted octanol–water partition coefficient (Wildman–Crippen LogP) is 5.40. The molecule has 1 N–H and O–H groups in total. The van der Waals surface area contributed by atoms with Crippen LogP contribution in [0.25, 0.3) is 11.0 Å². The van der Waals surface area contributed by atoms with Gasteiger partial charge in [-0.2, -0.15) is 0 Å². The van der Waals surface area contributed by atoms with Crippen molar-refractivity contribution in [2.75, 3.05) is 31.6 Å². The van der Waals surface area contributed by atoms with Gasteiger partial charge in [-0.1, -0.05) is 18.2 Å². The maximum atomic E-state index is 13.3. The molecule has 3 heterocycles. The van der Waals surface area contributed by atoms with E-state index in [0.29, 0.717) is 43.3 Å². The fourth-order valence-corrected chi connectivity index (χ4v) is 5.68. The topological polar surface area (TPSA) is 85.7 Å². The van der Waals surface area contributed by atoms with E-state index in [4.69, 9.17) is 9.47 Å². The largest absolute Gasteiger partial charge is 0.490 e. The van der Waals surface area contributed by atoms with Gasteiger partial charge in [-0.3, -0.25) is 14.6 Å². The van der Waals surface area contributed by atoms with Crippen LogP contribution in [0.4, 0.5) is 5.69 Å². The van der Waals surface area contributed by atoms with Crippen LogP contribution in [0.15, 0.2) is 79.1 Å². The second kappa shape index (κ2) is 11.9. The number of morpholine rings is 1. The van der Waals surface area contributed by atoms with Gasteiger partial charge in [0.05, 0.1) is 30.4 Å². The van der Waals surface area contributed by atoms with Gasteiger partial charge in [-0.15, -0.1) is 0 Å². The van der Waals surface area contributed by atoms with E-state index in [-0.39, 0.29) is 17.9 Å². The van der Waals surface area contributed by atoms with Crippen LogP contribution < -0.4 is 10.1 Å². The summed E-state index contributed by atoms with van der Waals surface area (Å²) in [4.78, 5) is 32.1. The normalized spacial score (nSPS) is 19.4. The SMILES string of the molecule is O=C(Nc1ccc(OC2CCC(Cn3cc(C(=O)N4CCOCC4)c4ncccc43)CC2)cc1)c1ccccc1. The zero-order valence-electron chi connectivity index (χ0n) is 22.5. The number of nitrogens with zero attached hydrogens (tertiary/aromatic N) is 3. The molecule has 1 saturated heterocycles. The Kier molecular flexibility index (Phi) is 7.77. The molecule has 2 aliphatic rings. The summed E-state index contributed by atoms with van der Waals surface area (Å²) in [6, 6.07) is 20.8. The number of carbonyl (C=O) groups is 2. The smallest absolute Gasteiger partial charge is 0.257 e. The third kappa shape index (κ3) is 5.87. The Hall–Kier alpha value is -4.17. The fourth-order valence-electron chi connectivity index (χ4n) is 5.68. The summed E-state index contributed by atoms with van der Waals surface area (Å²) < 4.78 is 13.9. The van der Waals surface area contributed by atoms with Crippen molar-refractivity contribution in [3.63, 3.8) is 0 Å². The first kappa shape index (κ1) is 26.1. The molecule has 2 fully saturated rings. The second-order valence-corrected chi connectivity index (χ2v) is 10.6. The van der Waals surface area contributed by atoms with Crippen molar-refractivity contribution >= 4 is 28.5 Å². The van der Waals surface area contributed by atoms with Crippen LogP contribution in [0.5, 0.6) is 5.75 Å². The minimum absolute atomic E-state index is 0.0357. The molecule has 0 atom stereocenters. The maximum absolute atomic E-state index is 13.3. The molecule has 8 heteroatoms. The average Bonchev–Trinajstić information content (AvgIpc) is 3.38. The molecule has 4 aromatic rings. The summed E-state index contributed by atoms with van der Waals surface area (Å²) in [5.74, 6) is 1.23. The van der Waals surface area contributed by atoms with E-state index in [0.717, 1.165) is 54.7 Å². The number of fused-ring (bicyclic) bond motifs is 1. The van der Waals surface area contributed by atoms with Crippen LogP contribution in [0.3, 0.4) is 0 Å². The summed E-state index contributed by atoms with van der Waals surface area (Å²) in [6.45, 7) is 3.26. The van der Waals surface area contributed by atoms with E-state index in [2.05, 4.69) is 20.9 Å². The molecular formula is C32H34N4O4. The third-order valence-corrected chi connectivity index (χ3v) is 7.86. The van der Waals surface area contributed by atoms with Gasteiger partial charge in [0.1, 0.15) is 11.3 Å². The summed E-state index contributed by atoms with van der Waals surface area (Å²) in [5.41, 5.74) is 3.84. The van der Waals surface area contributed by atoms with Gasteiger partial charge in [0.15, 0.2) is 0 Å². The first-order valence-electron chi connectivity index (χ1n) is 14.1. The highest BCUT2D eigenvalue weighted by Gasteiger charge is 2.26. The number of rotatable bonds is 7. The Labute approximate surface area is 233 Å². The molecule has 0 radical (unpaired) electrons. The van der Waals surface area contributed by atoms with Crippen LogP contribution in [0.2, 0.25) is 0 Å². The van der Waals surface area contributed by atoms with Gasteiger partial charge in [-0.05, 0) is 80.1 Å². The lowest BCUT2D eigenvalue weighted by atomic mass is 9.87. The van der Waals surface area contributed by atoms with E-state index >= 15 is 0 Å². The van der Waals surface area contributed by atoms with Crippen LogP contribution >= 0.6 is 0 Å². The number of hydrogen-bond acceptors (Lipinski definition) is 5. The Morgan fingerprint density at radius 2 is 1.68 bits per heavy atom. The van der Waals surface area contributed by atoms with Crippen molar-refractivity contribution in [2.45, 2.75) is 38.3 Å². The van der Waals surface area contributed by atoms with Gasteiger partial charge in [0, 0.05) is 43.3 Å². The standard InChI is InChI=1S/C32H34N4O4/c37-31(24-5-2-1-3-6-24)34-25-10-14-27(15-11-25)40-26-12-8-23(9-13-26)21-36-22-28(30-29(36)7-4-16-33-30)32(38)35-17-19-39-20-18-35/h1-7,10-11,14-16,22-23,26H,8-9,12-13,17-21H2,(H,34,37). The van der Waals surface area contributed by atoms with Gasteiger partial charge in [0.2, 0.25) is 0 Å². The Balaban J connectivity index is 1.04. The first-order chi connectivity index (χ1) is 19.6. The third-order valence-electron chi connectivity index (χ3n) is 7.86. The zero-order chi connectivity index (χ0) is 27.3. The predicted molar refractivity (Wildman–Crippen MR) is 154 cm³/mol. The van der Waals surface area contributed by atoms with E-state index in [9.17, 15) is 9.59 Å². The lowest BCUT2D eigenvalue weighted by Crippen LogP contribution is -2.40. The molecule has 2 amide bonds. The van der Waals surface area contributed by atoms with Crippen LogP contribution in [0.1, 0.15) is 46.4 Å². The lowest BCUT2D eigenvalue weighted by Gasteiger charge is -2.29. The van der Waals surface area contributed by atoms with Crippen molar-refractivity contribution in [1.29, 1.82) is 0 Å². The van der Waals surface area contributed by atoms with Gasteiger partial charge in [0.25, 0.3) is 11.8 Å².